The summed E-state index contributed by atoms with van der Waals surface area (Å²) in [5, 5.41) is 5.71. The molecular formula is C18H21N3O3. The monoisotopic (exact) mass is 327 g/mol. The summed E-state index contributed by atoms with van der Waals surface area (Å²) in [7, 11) is 0. The largest absolute Gasteiger partial charge is 0.376 e. The summed E-state index contributed by atoms with van der Waals surface area (Å²) in [5.41, 5.74) is 3.39. The van der Waals surface area contributed by atoms with Gasteiger partial charge in [0, 0.05) is 13.2 Å². The number of urea groups is 1. The molecule has 0 spiro atoms. The smallest absolute Gasteiger partial charge is 0.319 e. The second kappa shape index (κ2) is 5.94. The van der Waals surface area contributed by atoms with Crippen molar-refractivity contribution in [3.63, 3.8) is 0 Å². The van der Waals surface area contributed by atoms with Crippen molar-refractivity contribution in [2.24, 2.45) is 0 Å². The SMILES string of the molecule is Cc1ccccc1C1NC(=O)NC2=C1C(=O)N(CC1CCCO1)C2. The first-order valence-corrected chi connectivity index (χ1v) is 8.40. The Labute approximate surface area is 140 Å². The molecule has 2 N–H and O–H groups in total. The molecule has 2 atom stereocenters. The Morgan fingerprint density at radius 1 is 1.29 bits per heavy atom. The minimum atomic E-state index is -0.392. The highest BCUT2D eigenvalue weighted by Gasteiger charge is 2.41. The first kappa shape index (κ1) is 15.2. The van der Waals surface area contributed by atoms with Gasteiger partial charge in [0.05, 0.1) is 30.0 Å². The lowest BCUT2D eigenvalue weighted by Gasteiger charge is -2.26. The number of carbonyl (C=O) groups is 2. The molecular weight excluding hydrogens is 306 g/mol. The third-order valence-corrected chi connectivity index (χ3v) is 4.97. The van der Waals surface area contributed by atoms with Gasteiger partial charge in [-0.1, -0.05) is 24.3 Å². The molecule has 0 aromatic heterocycles. The summed E-state index contributed by atoms with van der Waals surface area (Å²) >= 11 is 0. The highest BCUT2D eigenvalue weighted by atomic mass is 16.5. The van der Waals surface area contributed by atoms with Crippen LogP contribution in [0.25, 0.3) is 0 Å². The van der Waals surface area contributed by atoms with Crippen LogP contribution in [0.1, 0.15) is 30.0 Å². The lowest BCUT2D eigenvalue weighted by Crippen LogP contribution is -2.44. The van der Waals surface area contributed by atoms with Gasteiger partial charge in [-0.15, -0.1) is 0 Å². The fourth-order valence-electron chi connectivity index (χ4n) is 3.75. The van der Waals surface area contributed by atoms with E-state index in [-0.39, 0.29) is 18.0 Å². The normalized spacial score (nSPS) is 26.5. The van der Waals surface area contributed by atoms with Crippen molar-refractivity contribution in [1.82, 2.24) is 15.5 Å². The summed E-state index contributed by atoms with van der Waals surface area (Å²) in [4.78, 5) is 26.8. The molecule has 1 fully saturated rings. The van der Waals surface area contributed by atoms with E-state index in [0.717, 1.165) is 36.3 Å². The molecule has 1 aromatic rings. The zero-order chi connectivity index (χ0) is 16.7. The molecule has 6 nitrogen and oxygen atoms in total. The van der Waals surface area contributed by atoms with E-state index in [0.29, 0.717) is 18.7 Å². The van der Waals surface area contributed by atoms with Crippen LogP contribution in [0.2, 0.25) is 0 Å². The van der Waals surface area contributed by atoms with Crippen LogP contribution in [0.15, 0.2) is 35.5 Å². The van der Waals surface area contributed by atoms with Gasteiger partial charge in [0.25, 0.3) is 5.91 Å². The number of nitrogens with zero attached hydrogens (tertiary/aromatic N) is 1. The topological polar surface area (TPSA) is 70.7 Å². The van der Waals surface area contributed by atoms with Crippen LogP contribution in [-0.2, 0) is 9.53 Å². The predicted molar refractivity (Wildman–Crippen MR) is 88.2 cm³/mol. The molecule has 0 radical (unpaired) electrons. The van der Waals surface area contributed by atoms with E-state index < -0.39 is 6.04 Å². The van der Waals surface area contributed by atoms with Crippen LogP contribution in [0.4, 0.5) is 4.79 Å². The van der Waals surface area contributed by atoms with Crippen molar-refractivity contribution in [1.29, 1.82) is 0 Å². The summed E-state index contributed by atoms with van der Waals surface area (Å²) in [6.07, 6.45) is 2.14. The van der Waals surface area contributed by atoms with Crippen LogP contribution in [0.3, 0.4) is 0 Å². The Kier molecular flexibility index (Phi) is 3.76. The fraction of sp³-hybridized carbons (Fsp3) is 0.444. The first-order chi connectivity index (χ1) is 11.6. The van der Waals surface area contributed by atoms with E-state index in [1.54, 1.807) is 4.90 Å². The van der Waals surface area contributed by atoms with Crippen LogP contribution in [0, 0.1) is 6.92 Å². The average molecular weight is 327 g/mol. The van der Waals surface area contributed by atoms with Gasteiger partial charge in [0.15, 0.2) is 0 Å². The Bertz CT molecular complexity index is 722. The van der Waals surface area contributed by atoms with Gasteiger partial charge in [-0.05, 0) is 30.9 Å². The maximum absolute atomic E-state index is 13.0. The predicted octanol–water partition coefficient (Wildman–Crippen LogP) is 1.62. The van der Waals surface area contributed by atoms with Crippen LogP contribution >= 0.6 is 0 Å². The Balaban J connectivity index is 1.62. The minimum Gasteiger partial charge on any atom is -0.376 e. The molecule has 1 saturated heterocycles. The fourth-order valence-corrected chi connectivity index (χ4v) is 3.75. The number of hydrogen-bond donors (Lipinski definition) is 2. The van der Waals surface area contributed by atoms with Crippen LogP contribution < -0.4 is 10.6 Å². The number of ether oxygens (including phenoxy) is 1. The van der Waals surface area contributed by atoms with E-state index in [1.165, 1.54) is 0 Å². The lowest BCUT2D eigenvalue weighted by molar-refractivity contribution is -0.127. The Morgan fingerprint density at radius 3 is 2.88 bits per heavy atom. The molecule has 126 valence electrons. The van der Waals surface area contributed by atoms with Gasteiger partial charge in [-0.3, -0.25) is 4.79 Å². The van der Waals surface area contributed by atoms with E-state index in [1.807, 2.05) is 31.2 Å². The van der Waals surface area contributed by atoms with E-state index in [9.17, 15) is 9.59 Å². The molecule has 4 rings (SSSR count). The number of nitrogens with one attached hydrogen (secondary N) is 2. The van der Waals surface area contributed by atoms with Crippen LogP contribution in [-0.4, -0.2) is 42.6 Å². The number of amides is 3. The Morgan fingerprint density at radius 2 is 2.12 bits per heavy atom. The van der Waals surface area contributed by atoms with Crippen molar-refractivity contribution in [3.05, 3.63) is 46.7 Å². The number of benzene rings is 1. The third-order valence-electron chi connectivity index (χ3n) is 4.97. The zero-order valence-corrected chi connectivity index (χ0v) is 13.7. The zero-order valence-electron chi connectivity index (χ0n) is 13.7. The molecule has 2 unspecified atom stereocenters. The molecule has 3 amide bonds. The standard InChI is InChI=1S/C18H21N3O3/c1-11-5-2-3-7-13(11)16-15-14(19-18(23)20-16)10-21(17(15)22)9-12-6-4-8-24-12/h2-3,5,7,12,16H,4,6,8-10H2,1H3,(H2,19,20,23). The first-order valence-electron chi connectivity index (χ1n) is 8.40. The van der Waals surface area contributed by atoms with Gasteiger partial charge in [0.2, 0.25) is 0 Å². The summed E-state index contributed by atoms with van der Waals surface area (Å²) in [5.74, 6) is -0.0127. The molecule has 1 aromatic carbocycles. The maximum atomic E-state index is 13.0. The number of hydrogen-bond acceptors (Lipinski definition) is 3. The Hall–Kier alpha value is -2.34. The molecule has 3 heterocycles. The molecule has 24 heavy (non-hydrogen) atoms. The number of aryl methyl sites for hydroxylation is 1. The molecule has 3 aliphatic rings. The second-order valence-electron chi connectivity index (χ2n) is 6.60. The van der Waals surface area contributed by atoms with Crippen molar-refractivity contribution >= 4 is 11.9 Å². The van der Waals surface area contributed by atoms with Crippen molar-refractivity contribution < 1.29 is 14.3 Å². The van der Waals surface area contributed by atoms with Gasteiger partial charge in [0.1, 0.15) is 0 Å². The van der Waals surface area contributed by atoms with E-state index in [2.05, 4.69) is 10.6 Å². The number of rotatable bonds is 3. The summed E-state index contributed by atoms with van der Waals surface area (Å²) < 4.78 is 5.65. The van der Waals surface area contributed by atoms with Gasteiger partial charge in [-0.25, -0.2) is 4.79 Å². The van der Waals surface area contributed by atoms with Gasteiger partial charge in [-0.2, -0.15) is 0 Å². The maximum Gasteiger partial charge on any atom is 0.319 e. The summed E-state index contributed by atoms with van der Waals surface area (Å²) in [6.45, 7) is 3.79. The quantitative estimate of drug-likeness (QED) is 0.886. The van der Waals surface area contributed by atoms with Crippen molar-refractivity contribution in [2.75, 3.05) is 19.7 Å². The lowest BCUT2D eigenvalue weighted by atomic mass is 9.93. The molecule has 0 saturated carbocycles. The van der Waals surface area contributed by atoms with Crippen molar-refractivity contribution in [3.8, 4) is 0 Å². The molecule has 0 bridgehead atoms. The van der Waals surface area contributed by atoms with Gasteiger partial charge >= 0.3 is 6.03 Å². The third kappa shape index (κ3) is 2.57. The second-order valence-corrected chi connectivity index (χ2v) is 6.60. The van der Waals surface area contributed by atoms with Gasteiger partial charge < -0.3 is 20.3 Å². The molecule has 6 heteroatoms. The highest BCUT2D eigenvalue weighted by molar-refractivity contribution is 6.01. The van der Waals surface area contributed by atoms with Crippen LogP contribution in [0.5, 0.6) is 0 Å². The highest BCUT2D eigenvalue weighted by Crippen LogP contribution is 2.34. The average Bonchev–Trinajstić information content (AvgIpc) is 3.16. The number of carbonyl (C=O) groups excluding carboxylic acids is 2. The minimum absolute atomic E-state index is 0.0127. The molecule has 3 aliphatic heterocycles. The van der Waals surface area contributed by atoms with E-state index >= 15 is 0 Å². The molecule has 0 aliphatic carbocycles. The van der Waals surface area contributed by atoms with E-state index in [4.69, 9.17) is 4.74 Å². The van der Waals surface area contributed by atoms with Crippen molar-refractivity contribution in [2.45, 2.75) is 31.9 Å². The summed E-state index contributed by atoms with van der Waals surface area (Å²) in [6, 6.07) is 7.20.